The van der Waals surface area contributed by atoms with E-state index in [4.69, 9.17) is 14.2 Å². The summed E-state index contributed by atoms with van der Waals surface area (Å²) in [5, 5.41) is 3.31. The van der Waals surface area contributed by atoms with Crippen molar-refractivity contribution in [2.75, 3.05) is 14.2 Å². The number of carbonyl (C=O) groups excluding carboxylic acids is 2. The largest absolute Gasteiger partial charge is 0.488 e. The van der Waals surface area contributed by atoms with Gasteiger partial charge in [0.1, 0.15) is 18.2 Å². The highest BCUT2D eigenvalue weighted by Gasteiger charge is 2.42. The number of esters is 2. The minimum Gasteiger partial charge on any atom is -0.488 e. The number of ether oxygens (including phenoxy) is 3. The Labute approximate surface area is 205 Å². The van der Waals surface area contributed by atoms with Crippen molar-refractivity contribution in [3.05, 3.63) is 88.0 Å². The summed E-state index contributed by atoms with van der Waals surface area (Å²) in [4.78, 5) is 26.3. The van der Waals surface area contributed by atoms with Crippen molar-refractivity contribution in [1.29, 1.82) is 0 Å². The van der Waals surface area contributed by atoms with Crippen LogP contribution in [0.2, 0.25) is 0 Å². The van der Waals surface area contributed by atoms with Gasteiger partial charge in [0.2, 0.25) is 0 Å². The summed E-state index contributed by atoms with van der Waals surface area (Å²) in [7, 11) is 2.59. The zero-order chi connectivity index (χ0) is 25.7. The van der Waals surface area contributed by atoms with E-state index in [1.807, 2.05) is 58.0 Å². The predicted octanol–water partition coefficient (Wildman–Crippen LogP) is 5.26. The van der Waals surface area contributed by atoms with Gasteiger partial charge in [0.25, 0.3) is 0 Å². The van der Waals surface area contributed by atoms with Crippen LogP contribution < -0.4 is 10.1 Å². The monoisotopic (exact) mass is 481 g/mol. The molecule has 0 fully saturated rings. The summed E-state index contributed by atoms with van der Waals surface area (Å²) in [5.74, 6) is -2.50. The highest BCUT2D eigenvalue weighted by atomic mass is 19.1. The average Bonchev–Trinajstić information content (AvgIpc) is 2.85. The van der Waals surface area contributed by atoms with Crippen molar-refractivity contribution in [3.63, 3.8) is 0 Å². The zero-order valence-electron chi connectivity index (χ0n) is 21.0. The van der Waals surface area contributed by atoms with Crippen LogP contribution in [0, 0.1) is 17.7 Å². The van der Waals surface area contributed by atoms with E-state index in [-0.39, 0.29) is 35.3 Å². The number of dihydropyridines is 1. The van der Waals surface area contributed by atoms with Gasteiger partial charge in [-0.2, -0.15) is 0 Å². The molecule has 1 N–H and O–H groups in total. The molecule has 2 aromatic carbocycles. The number of hydrogen-bond donors (Lipinski definition) is 1. The first-order valence-corrected chi connectivity index (χ1v) is 11.6. The maximum Gasteiger partial charge on any atom is 0.336 e. The first kappa shape index (κ1) is 26.0. The highest BCUT2D eigenvalue weighted by Crippen LogP contribution is 2.45. The molecule has 0 spiro atoms. The van der Waals surface area contributed by atoms with Crippen molar-refractivity contribution in [3.8, 4) is 5.75 Å². The lowest BCUT2D eigenvalue weighted by Crippen LogP contribution is -2.37. The van der Waals surface area contributed by atoms with Crippen molar-refractivity contribution in [2.45, 2.75) is 40.2 Å². The van der Waals surface area contributed by atoms with Gasteiger partial charge in [-0.15, -0.1) is 0 Å². The third kappa shape index (κ3) is 5.56. The molecule has 2 aromatic rings. The number of allylic oxidation sites excluding steroid dienone is 2. The number of methoxy groups -OCH3 is 2. The molecule has 3 rings (SSSR count). The van der Waals surface area contributed by atoms with Crippen molar-refractivity contribution >= 4 is 11.9 Å². The molecule has 35 heavy (non-hydrogen) atoms. The van der Waals surface area contributed by atoms with Crippen molar-refractivity contribution < 1.29 is 28.2 Å². The normalized spacial score (nSPS) is 14.3. The van der Waals surface area contributed by atoms with E-state index in [9.17, 15) is 14.0 Å². The van der Waals surface area contributed by atoms with E-state index in [0.29, 0.717) is 17.0 Å². The molecule has 0 bridgehead atoms. The van der Waals surface area contributed by atoms with Crippen LogP contribution in [0.3, 0.4) is 0 Å². The first-order valence-electron chi connectivity index (χ1n) is 11.6. The Morgan fingerprint density at radius 1 is 0.886 bits per heavy atom. The molecule has 1 aliphatic heterocycles. The van der Waals surface area contributed by atoms with Crippen molar-refractivity contribution in [2.24, 2.45) is 11.8 Å². The van der Waals surface area contributed by atoms with Gasteiger partial charge in [-0.05, 0) is 23.5 Å². The summed E-state index contributed by atoms with van der Waals surface area (Å²) in [6.45, 7) is 7.97. The third-order valence-corrected chi connectivity index (χ3v) is 5.92. The third-order valence-electron chi connectivity index (χ3n) is 5.92. The number of carbonyl (C=O) groups is 2. The Bertz CT molecular complexity index is 1110. The van der Waals surface area contributed by atoms with Gasteiger partial charge in [0.15, 0.2) is 0 Å². The van der Waals surface area contributed by atoms with Gasteiger partial charge >= 0.3 is 11.9 Å². The zero-order valence-corrected chi connectivity index (χ0v) is 21.0. The molecule has 0 radical (unpaired) electrons. The number of rotatable bonds is 8. The van der Waals surface area contributed by atoms with Crippen LogP contribution in [-0.2, 0) is 25.7 Å². The summed E-state index contributed by atoms with van der Waals surface area (Å²) < 4.78 is 30.7. The van der Waals surface area contributed by atoms with Crippen LogP contribution in [0.25, 0.3) is 0 Å². The van der Waals surface area contributed by atoms with Crippen LogP contribution in [-0.4, -0.2) is 26.2 Å². The van der Waals surface area contributed by atoms with Crippen LogP contribution in [0.5, 0.6) is 5.75 Å². The number of nitrogens with one attached hydrogen (secondary N) is 1. The Balaban J connectivity index is 2.27. The van der Waals surface area contributed by atoms with Gasteiger partial charge < -0.3 is 19.5 Å². The topological polar surface area (TPSA) is 73.9 Å². The van der Waals surface area contributed by atoms with Gasteiger partial charge in [0.05, 0.1) is 31.3 Å². The Morgan fingerprint density at radius 3 is 1.91 bits per heavy atom. The van der Waals surface area contributed by atoms with Gasteiger partial charge in [-0.1, -0.05) is 64.1 Å². The van der Waals surface area contributed by atoms with E-state index < -0.39 is 23.7 Å². The molecule has 6 nitrogen and oxygen atoms in total. The smallest absolute Gasteiger partial charge is 0.336 e. The van der Waals surface area contributed by atoms with Gasteiger partial charge in [-0.25, -0.2) is 14.0 Å². The second-order valence-electron chi connectivity index (χ2n) is 8.96. The van der Waals surface area contributed by atoms with Crippen LogP contribution >= 0.6 is 0 Å². The van der Waals surface area contributed by atoms with Gasteiger partial charge in [0, 0.05) is 23.0 Å². The fraction of sp³-hybridized carbons (Fsp3) is 0.357. The van der Waals surface area contributed by atoms with E-state index >= 15 is 0 Å². The van der Waals surface area contributed by atoms with Crippen LogP contribution in [0.4, 0.5) is 4.39 Å². The average molecular weight is 482 g/mol. The SMILES string of the molecule is COC(=O)C1=C(C(C)C)NC(C(C)C)=C(C(=O)OC)C1c1ccc(F)cc1OCc1ccccc1. The Hall–Kier alpha value is -3.61. The molecule has 7 heteroatoms. The maximum absolute atomic E-state index is 14.4. The lowest BCUT2D eigenvalue weighted by molar-refractivity contribution is -0.137. The molecule has 0 unspecified atom stereocenters. The second kappa shape index (κ2) is 11.2. The molecule has 1 heterocycles. The minimum absolute atomic E-state index is 0.0892. The molecular weight excluding hydrogens is 449 g/mol. The van der Waals surface area contributed by atoms with E-state index in [2.05, 4.69) is 5.32 Å². The fourth-order valence-electron chi connectivity index (χ4n) is 4.24. The number of hydrogen-bond acceptors (Lipinski definition) is 6. The molecular formula is C28H32FNO5. The molecule has 0 saturated carbocycles. The highest BCUT2D eigenvalue weighted by molar-refractivity contribution is 6.00. The number of benzene rings is 2. The van der Waals surface area contributed by atoms with E-state index in [1.165, 1.54) is 26.4 Å². The van der Waals surface area contributed by atoms with Crippen LogP contribution in [0.1, 0.15) is 44.7 Å². The Morgan fingerprint density at radius 2 is 1.43 bits per heavy atom. The summed E-state index contributed by atoms with van der Waals surface area (Å²) in [5.41, 5.74) is 3.17. The fourth-order valence-corrected chi connectivity index (χ4v) is 4.24. The first-order chi connectivity index (χ1) is 16.7. The minimum atomic E-state index is -0.877. The molecule has 186 valence electrons. The predicted molar refractivity (Wildman–Crippen MR) is 131 cm³/mol. The number of halogens is 1. The van der Waals surface area contributed by atoms with Crippen molar-refractivity contribution in [1.82, 2.24) is 5.32 Å². The summed E-state index contributed by atoms with van der Waals surface area (Å²) in [6, 6.07) is 13.6. The lowest BCUT2D eigenvalue weighted by atomic mass is 9.76. The lowest BCUT2D eigenvalue weighted by Gasteiger charge is -2.35. The summed E-state index contributed by atoms with van der Waals surface area (Å²) in [6.07, 6.45) is 0. The van der Waals surface area contributed by atoms with Gasteiger partial charge in [-0.3, -0.25) is 0 Å². The standard InChI is InChI=1S/C28H32FNO5/c1-16(2)25-23(27(31)33-5)22(24(28(32)34-6)26(30-25)17(3)4)20-13-12-19(29)14-21(20)35-15-18-10-8-7-9-11-18/h7-14,16-17,22,30H,15H2,1-6H3. The molecule has 0 aliphatic carbocycles. The molecule has 0 aromatic heterocycles. The van der Waals surface area contributed by atoms with E-state index in [1.54, 1.807) is 6.07 Å². The molecule has 0 atom stereocenters. The molecule has 0 saturated heterocycles. The van der Waals surface area contributed by atoms with Crippen LogP contribution in [0.15, 0.2) is 71.1 Å². The Kier molecular flexibility index (Phi) is 8.33. The molecule has 0 amide bonds. The maximum atomic E-state index is 14.4. The second-order valence-corrected chi connectivity index (χ2v) is 8.96. The quantitative estimate of drug-likeness (QED) is 0.519. The van der Waals surface area contributed by atoms with E-state index in [0.717, 1.165) is 5.56 Å². The summed E-state index contributed by atoms with van der Waals surface area (Å²) >= 11 is 0. The molecule has 1 aliphatic rings.